The van der Waals surface area contributed by atoms with E-state index in [9.17, 15) is 8.78 Å². The number of allylic oxidation sites excluding steroid dienone is 2. The summed E-state index contributed by atoms with van der Waals surface area (Å²) in [6, 6.07) is 8.69. The Bertz CT molecular complexity index is 1300. The fourth-order valence-electron chi connectivity index (χ4n) is 3.08. The van der Waals surface area contributed by atoms with E-state index in [4.69, 9.17) is 4.42 Å². The lowest BCUT2D eigenvalue weighted by Crippen LogP contribution is -2.05. The van der Waals surface area contributed by atoms with E-state index in [0.29, 0.717) is 46.0 Å². The number of anilines is 1. The van der Waals surface area contributed by atoms with Crippen LogP contribution in [0.15, 0.2) is 77.3 Å². The fourth-order valence-corrected chi connectivity index (χ4v) is 3.08. The van der Waals surface area contributed by atoms with Crippen molar-refractivity contribution in [3.8, 4) is 11.1 Å². The maximum absolute atomic E-state index is 14.3. The third-order valence-electron chi connectivity index (χ3n) is 4.56. The summed E-state index contributed by atoms with van der Waals surface area (Å²) in [6.07, 6.45) is 6.02. The van der Waals surface area contributed by atoms with Gasteiger partial charge in [-0.2, -0.15) is 0 Å². The van der Waals surface area contributed by atoms with Crippen molar-refractivity contribution >= 4 is 29.0 Å². The van der Waals surface area contributed by atoms with E-state index in [0.717, 1.165) is 6.07 Å². The third kappa shape index (κ3) is 4.23. The van der Waals surface area contributed by atoms with E-state index in [1.165, 1.54) is 24.7 Å². The van der Waals surface area contributed by atoms with Crippen molar-refractivity contribution in [1.82, 2.24) is 15.0 Å². The molecule has 0 unspecified atom stereocenters. The Balaban J connectivity index is 1.85. The molecule has 0 fully saturated rings. The van der Waals surface area contributed by atoms with Crippen LogP contribution in [-0.2, 0) is 6.54 Å². The molecule has 0 bridgehead atoms. The zero-order chi connectivity index (χ0) is 21.8. The minimum absolute atomic E-state index is 0.274. The summed E-state index contributed by atoms with van der Waals surface area (Å²) in [6.45, 7) is 7.56. The highest BCUT2D eigenvalue weighted by molar-refractivity contribution is 5.94. The first-order chi connectivity index (χ1) is 15.1. The predicted octanol–water partition coefficient (Wildman–Crippen LogP) is 5.40. The van der Waals surface area contributed by atoms with Crippen LogP contribution in [0.1, 0.15) is 11.6 Å². The highest BCUT2D eigenvalue weighted by Crippen LogP contribution is 2.30. The number of aliphatic imine (C=N–C) groups is 1. The predicted molar refractivity (Wildman–Crippen MR) is 116 cm³/mol. The van der Waals surface area contributed by atoms with E-state index >= 15 is 0 Å². The SMILES string of the molecule is C=C/C(=C\N=C)c1nc(NCc2cnco2)c2cc(-c3ccc(F)cc3F)ccc2n1. The van der Waals surface area contributed by atoms with Crippen molar-refractivity contribution in [3.05, 3.63) is 91.1 Å². The first-order valence-corrected chi connectivity index (χ1v) is 9.26. The summed E-state index contributed by atoms with van der Waals surface area (Å²) in [5.41, 5.74) is 2.05. The van der Waals surface area contributed by atoms with Crippen LogP contribution in [0.25, 0.3) is 27.6 Å². The number of halogens is 2. The lowest BCUT2D eigenvalue weighted by atomic mass is 10.0. The average Bonchev–Trinajstić information content (AvgIpc) is 3.29. The van der Waals surface area contributed by atoms with Crippen molar-refractivity contribution < 1.29 is 13.2 Å². The first kappa shape index (κ1) is 20.1. The number of aromatic nitrogens is 3. The summed E-state index contributed by atoms with van der Waals surface area (Å²) < 4.78 is 32.9. The molecule has 4 aromatic rings. The number of nitrogens with one attached hydrogen (secondary N) is 1. The maximum atomic E-state index is 14.3. The lowest BCUT2D eigenvalue weighted by molar-refractivity contribution is 0.511. The smallest absolute Gasteiger partial charge is 0.180 e. The van der Waals surface area contributed by atoms with E-state index in [1.54, 1.807) is 30.5 Å². The number of nitrogens with zero attached hydrogens (tertiary/aromatic N) is 4. The zero-order valence-corrected chi connectivity index (χ0v) is 16.3. The van der Waals surface area contributed by atoms with Crippen LogP contribution >= 0.6 is 0 Å². The minimum atomic E-state index is -0.651. The number of hydrogen-bond acceptors (Lipinski definition) is 6. The Morgan fingerprint density at radius 2 is 2.03 bits per heavy atom. The number of rotatable bonds is 7. The van der Waals surface area contributed by atoms with Gasteiger partial charge in [0.2, 0.25) is 0 Å². The molecule has 154 valence electrons. The van der Waals surface area contributed by atoms with E-state index in [-0.39, 0.29) is 5.56 Å². The molecule has 2 aromatic heterocycles. The third-order valence-corrected chi connectivity index (χ3v) is 4.56. The second-order valence-electron chi connectivity index (χ2n) is 6.54. The van der Waals surface area contributed by atoms with Crippen LogP contribution in [0.3, 0.4) is 0 Å². The normalized spacial score (nSPS) is 11.5. The Kier molecular flexibility index (Phi) is 5.61. The minimum Gasteiger partial charge on any atom is -0.447 e. The van der Waals surface area contributed by atoms with Gasteiger partial charge in [0.05, 0.1) is 18.3 Å². The second kappa shape index (κ2) is 8.66. The van der Waals surface area contributed by atoms with Crippen LogP contribution < -0.4 is 5.32 Å². The van der Waals surface area contributed by atoms with Gasteiger partial charge in [-0.15, -0.1) is 0 Å². The summed E-state index contributed by atoms with van der Waals surface area (Å²) in [7, 11) is 0. The van der Waals surface area contributed by atoms with Crippen LogP contribution in [0.4, 0.5) is 14.6 Å². The van der Waals surface area contributed by atoms with Gasteiger partial charge in [-0.3, -0.25) is 4.99 Å². The molecule has 0 aliphatic carbocycles. The topological polar surface area (TPSA) is 76.2 Å². The number of benzene rings is 2. The van der Waals surface area contributed by atoms with Crippen LogP contribution in [0.2, 0.25) is 0 Å². The fraction of sp³-hybridized carbons (Fsp3) is 0.0435. The molecule has 0 aliphatic heterocycles. The summed E-state index contributed by atoms with van der Waals surface area (Å²) in [5.74, 6) is 0.223. The van der Waals surface area contributed by atoms with Gasteiger partial charge in [0, 0.05) is 28.8 Å². The molecule has 8 heteroatoms. The summed E-state index contributed by atoms with van der Waals surface area (Å²) in [4.78, 5) is 16.8. The Morgan fingerprint density at radius 3 is 2.74 bits per heavy atom. The average molecular weight is 417 g/mol. The zero-order valence-electron chi connectivity index (χ0n) is 16.3. The van der Waals surface area contributed by atoms with Crippen LogP contribution in [0, 0.1) is 11.6 Å². The van der Waals surface area contributed by atoms with Gasteiger partial charge in [0.1, 0.15) is 23.2 Å². The summed E-state index contributed by atoms with van der Waals surface area (Å²) >= 11 is 0. The highest BCUT2D eigenvalue weighted by Gasteiger charge is 2.14. The van der Waals surface area contributed by atoms with Gasteiger partial charge in [-0.1, -0.05) is 18.7 Å². The summed E-state index contributed by atoms with van der Waals surface area (Å²) in [5, 5.41) is 3.86. The maximum Gasteiger partial charge on any atom is 0.180 e. The quantitative estimate of drug-likeness (QED) is 0.322. The Morgan fingerprint density at radius 1 is 1.16 bits per heavy atom. The molecule has 6 nitrogen and oxygen atoms in total. The largest absolute Gasteiger partial charge is 0.447 e. The van der Waals surface area contributed by atoms with E-state index in [1.807, 2.05) is 0 Å². The lowest BCUT2D eigenvalue weighted by Gasteiger charge is -2.12. The second-order valence-corrected chi connectivity index (χ2v) is 6.54. The van der Waals surface area contributed by atoms with Crippen molar-refractivity contribution in [3.63, 3.8) is 0 Å². The monoisotopic (exact) mass is 417 g/mol. The molecule has 0 amide bonds. The molecule has 4 rings (SSSR count). The van der Waals surface area contributed by atoms with Crippen molar-refractivity contribution in [2.45, 2.75) is 6.54 Å². The van der Waals surface area contributed by atoms with Crippen LogP contribution in [0.5, 0.6) is 0 Å². The first-order valence-electron chi connectivity index (χ1n) is 9.26. The molecule has 0 saturated carbocycles. The van der Waals surface area contributed by atoms with Crippen molar-refractivity contribution in [2.24, 2.45) is 4.99 Å². The van der Waals surface area contributed by atoms with E-state index < -0.39 is 11.6 Å². The van der Waals surface area contributed by atoms with Crippen LogP contribution in [-0.4, -0.2) is 21.7 Å². The number of fused-ring (bicyclic) bond motifs is 1. The number of hydrogen-bond donors (Lipinski definition) is 1. The van der Waals surface area contributed by atoms with Crippen molar-refractivity contribution in [1.29, 1.82) is 0 Å². The molecule has 0 aliphatic rings. The molecule has 0 saturated heterocycles. The molecule has 2 heterocycles. The van der Waals surface area contributed by atoms with Crippen molar-refractivity contribution in [2.75, 3.05) is 5.32 Å². The molecule has 2 aromatic carbocycles. The van der Waals surface area contributed by atoms with Gasteiger partial charge in [0.25, 0.3) is 0 Å². The van der Waals surface area contributed by atoms with Gasteiger partial charge in [-0.05, 0) is 36.5 Å². The van der Waals surface area contributed by atoms with Gasteiger partial charge < -0.3 is 9.73 Å². The van der Waals surface area contributed by atoms with E-state index in [2.05, 4.69) is 38.6 Å². The molecule has 0 spiro atoms. The molecular weight excluding hydrogens is 400 g/mol. The van der Waals surface area contributed by atoms with Gasteiger partial charge in [0.15, 0.2) is 12.2 Å². The molecule has 1 N–H and O–H groups in total. The molecule has 31 heavy (non-hydrogen) atoms. The molecule has 0 atom stereocenters. The standard InChI is InChI=1S/C23H17F2N5O/c1-3-14(10-26-2)22-29-21-7-4-15(18-6-5-16(24)9-20(18)25)8-19(21)23(30-22)28-12-17-11-27-13-31-17/h3-11,13H,1-2,12H2,(H,28,29,30)/b14-10+. The van der Waals surface area contributed by atoms with Gasteiger partial charge >= 0.3 is 0 Å². The molecular formula is C23H17F2N5O. The molecule has 0 radical (unpaired) electrons. The number of oxazole rings is 1. The Labute approximate surface area is 176 Å². The Hall–Kier alpha value is -4.20. The van der Waals surface area contributed by atoms with Gasteiger partial charge in [-0.25, -0.2) is 23.7 Å². The highest BCUT2D eigenvalue weighted by atomic mass is 19.1.